The van der Waals surface area contributed by atoms with Gasteiger partial charge in [-0.1, -0.05) is 100 Å². The Morgan fingerprint density at radius 3 is 1.44 bits per heavy atom. The first kappa shape index (κ1) is 89.3. The summed E-state index contributed by atoms with van der Waals surface area (Å²) in [5, 5.41) is 64.8. The van der Waals surface area contributed by atoms with E-state index in [4.69, 9.17) is 28.7 Å². The predicted molar refractivity (Wildman–Crippen MR) is 402 cm³/mol. The fraction of sp³-hybridized carbons (Fsp3) is 0.500. The molecule has 1 saturated heterocycles. The van der Waals surface area contributed by atoms with Gasteiger partial charge >= 0.3 is 0 Å². The summed E-state index contributed by atoms with van der Waals surface area (Å²) in [6.07, 6.45) is -2.89. The van der Waals surface area contributed by atoms with Gasteiger partial charge in [-0.05, 0) is 102 Å². The zero-order valence-corrected chi connectivity index (χ0v) is 62.4. The van der Waals surface area contributed by atoms with Crippen LogP contribution in [0.3, 0.4) is 0 Å². The summed E-state index contributed by atoms with van der Waals surface area (Å²) in [5.41, 5.74) is 30.8. The Kier molecular flexibility index (Phi) is 37.3. The molecule has 15 atom stereocenters. The quantitative estimate of drug-likeness (QED) is 0.0229. The van der Waals surface area contributed by atoms with Crippen molar-refractivity contribution < 1.29 is 87.2 Å². The van der Waals surface area contributed by atoms with Crippen LogP contribution in [0, 0.1) is 0 Å². The number of benzene rings is 3. The number of rotatable bonds is 24. The third kappa shape index (κ3) is 29.7. The summed E-state index contributed by atoms with van der Waals surface area (Å²) in [6.45, 7) is 3.12. The average Bonchev–Trinajstić information content (AvgIpc) is 1.71. The first-order chi connectivity index (χ1) is 51.8. The maximum atomic E-state index is 15.3. The third-order valence-corrected chi connectivity index (χ3v) is 19.6. The van der Waals surface area contributed by atoms with E-state index in [0.717, 1.165) is 42.4 Å². The second-order valence-electron chi connectivity index (χ2n) is 26.1. The van der Waals surface area contributed by atoms with Crippen molar-refractivity contribution in [3.8, 4) is 0 Å². The van der Waals surface area contributed by atoms with Crippen molar-refractivity contribution in [3.63, 3.8) is 0 Å². The van der Waals surface area contributed by atoms with E-state index in [-0.39, 0.29) is 58.0 Å². The number of nitrogens with two attached hydrogens (primary N) is 5. The minimum atomic E-state index is -1.92. The van der Waals surface area contributed by atoms with Gasteiger partial charge in [-0.15, -0.1) is 0 Å². The van der Waals surface area contributed by atoms with Crippen molar-refractivity contribution in [3.05, 3.63) is 108 Å². The molecule has 1 aliphatic heterocycles. The molecule has 0 radical (unpaired) electrons. The van der Waals surface area contributed by atoms with Crippen molar-refractivity contribution in [2.24, 2.45) is 28.7 Å². The number of fused-ring (bicyclic) bond motifs is 1. The fourth-order valence-electron chi connectivity index (χ4n) is 11.0. The number of amides is 15. The van der Waals surface area contributed by atoms with E-state index in [1.54, 1.807) is 91.1 Å². The number of aliphatic hydroxyl groups excluding tert-OH is 3. The number of hydrogen-bond acceptors (Lipinski definition) is 23. The molecule has 5 rings (SSSR count). The Labute approximate surface area is 636 Å². The molecule has 1 aliphatic rings. The Balaban J connectivity index is 1.64. The lowest BCUT2D eigenvalue weighted by Gasteiger charge is -2.29. The first-order valence-corrected chi connectivity index (χ1v) is 37.8. The number of carbonyl (C=O) groups excluding carboxylic acids is 15. The van der Waals surface area contributed by atoms with E-state index in [9.17, 15) is 72.9 Å². The number of H-pyrrole nitrogens is 1. The van der Waals surface area contributed by atoms with E-state index >= 15 is 14.4 Å². The smallest absolute Gasteiger partial charge is 0.245 e. The van der Waals surface area contributed by atoms with Gasteiger partial charge < -0.3 is 118 Å². The van der Waals surface area contributed by atoms with Crippen LogP contribution in [0.2, 0.25) is 0 Å². The fourth-order valence-corrected chi connectivity index (χ4v) is 13.4. The van der Waals surface area contributed by atoms with Gasteiger partial charge in [0.1, 0.15) is 72.5 Å². The molecule has 15 amide bonds. The van der Waals surface area contributed by atoms with Crippen LogP contribution in [0.4, 0.5) is 0 Å². The van der Waals surface area contributed by atoms with Gasteiger partial charge in [0.15, 0.2) is 0 Å². The van der Waals surface area contributed by atoms with E-state index in [0.29, 0.717) is 40.4 Å². The molecular formula is C70H101N19O18S2. The van der Waals surface area contributed by atoms with Gasteiger partial charge in [0.05, 0.1) is 37.8 Å². The Morgan fingerprint density at radius 1 is 0.505 bits per heavy atom. The zero-order chi connectivity index (χ0) is 80.4. The number of aromatic nitrogens is 1. The van der Waals surface area contributed by atoms with Crippen LogP contribution < -0.4 is 97.8 Å². The van der Waals surface area contributed by atoms with Gasteiger partial charge in [-0.25, -0.2) is 0 Å². The van der Waals surface area contributed by atoms with Crippen molar-refractivity contribution in [1.82, 2.24) is 74.1 Å². The van der Waals surface area contributed by atoms with Gasteiger partial charge in [-0.3, -0.25) is 71.9 Å². The molecule has 4 aromatic rings. The lowest BCUT2D eigenvalue weighted by molar-refractivity contribution is -0.138. The van der Waals surface area contributed by atoms with Crippen LogP contribution in [0.15, 0.2) is 91.1 Å². The molecule has 109 heavy (non-hydrogen) atoms. The molecule has 0 unspecified atom stereocenters. The number of nitrogens with one attached hydrogen (secondary N) is 14. The van der Waals surface area contributed by atoms with Crippen LogP contribution >= 0.6 is 21.6 Å². The molecule has 0 saturated carbocycles. The molecule has 0 aliphatic carbocycles. The molecule has 27 N–H and O–H groups in total. The summed E-state index contributed by atoms with van der Waals surface area (Å²) in [7, 11) is 1.63. The molecule has 3 aromatic carbocycles. The molecule has 0 bridgehead atoms. The maximum Gasteiger partial charge on any atom is 0.245 e. The number of para-hydroxylation sites is 1. The SMILES string of the molecule is C[C@H](N)C(=O)NCC(=O)N[C@H]1CSSC[C@@H](C(N)=O)NC(=O)[C@H](CO)NC(=O)[C@H]([C@@H](C)O)NC(=O)[C@H](C)NC(=O)[C@H]([C@@H](C)O)NC(=O)[C@H](CCCCN)NC(=O)[C@H](Cc2c[nH]c3ccccc23)NC(=O)[C@H](Cc2ccccc2)NC(=O)[C@H](Cc2ccccc2)NC(=O)[C@H](CC(N)=O)NC(=O)[C@H](CCCCN)NC1=O. The number of carbonyl (C=O) groups is 15. The Hall–Kier alpha value is -10.3. The standard InChI is InChI=1S/C70H101N19O18S2/c1-36(73)59(96)77-32-55(94)79-53-35-109-108-34-52(58(75)95)87-67(104)51(33-90)86-70(107)57(39(4)92)88-60(97)37(2)78-69(106)56(38(3)91)89-62(99)46(24-14-16-26-72)80-65(102)49(29-42-31-76-44-22-12-11-21-43(42)44)84-64(101)48(28-41-19-9-6-10-20-41)82-63(100)47(27-40-17-7-5-8-18-40)83-66(103)50(30-54(74)93)85-61(98)45(81-68(53)105)23-13-15-25-71/h5-12,17-22,31,36-39,45-53,56-57,76,90-92H,13-16,23-30,32-35,71-73H2,1-4H3,(H2,74,93)(H2,75,95)(H,77,96)(H,78,106)(H,79,94)(H,80,102)(H,81,105)(H,82,100)(H,83,103)(H,84,101)(H,85,98)(H,86,107)(H,87,104)(H,88,97)(H,89,99)/t36-,37-,38+,39+,45-,46-,47-,48-,49-,50-,51-,52-,53-,56-,57-/m0/s1. The van der Waals surface area contributed by atoms with Crippen molar-refractivity contribution in [2.45, 2.75) is 183 Å². The average molecular weight is 1560 g/mol. The Bertz CT molecular complexity index is 3780. The maximum absolute atomic E-state index is 15.3. The van der Waals surface area contributed by atoms with E-state index in [1.165, 1.54) is 6.92 Å². The highest BCUT2D eigenvalue weighted by atomic mass is 33.1. The summed E-state index contributed by atoms with van der Waals surface area (Å²) < 4.78 is 0. The summed E-state index contributed by atoms with van der Waals surface area (Å²) in [5.74, 6) is -16.7. The van der Waals surface area contributed by atoms with Crippen LogP contribution in [-0.4, -0.2) is 237 Å². The molecule has 39 heteroatoms. The molecular weight excluding hydrogens is 1460 g/mol. The first-order valence-electron chi connectivity index (χ1n) is 35.3. The third-order valence-electron chi connectivity index (χ3n) is 17.2. The largest absolute Gasteiger partial charge is 0.394 e. The molecule has 0 spiro atoms. The highest BCUT2D eigenvalue weighted by Gasteiger charge is 2.39. The molecule has 596 valence electrons. The number of unbranched alkanes of at least 4 members (excludes halogenated alkanes) is 2. The highest BCUT2D eigenvalue weighted by molar-refractivity contribution is 8.76. The second-order valence-corrected chi connectivity index (χ2v) is 28.7. The minimum Gasteiger partial charge on any atom is -0.394 e. The van der Waals surface area contributed by atoms with Gasteiger partial charge in [0.25, 0.3) is 0 Å². The topological polar surface area (TPSA) is 619 Å². The van der Waals surface area contributed by atoms with Gasteiger partial charge in [-0.2, -0.15) is 0 Å². The van der Waals surface area contributed by atoms with Crippen molar-refractivity contribution >= 4 is 121 Å². The van der Waals surface area contributed by atoms with E-state index in [1.807, 2.05) is 0 Å². The van der Waals surface area contributed by atoms with Crippen molar-refractivity contribution in [2.75, 3.05) is 37.7 Å². The lowest BCUT2D eigenvalue weighted by atomic mass is 10.00. The second kappa shape index (κ2) is 45.5. The van der Waals surface area contributed by atoms with Crippen LogP contribution in [-0.2, 0) is 91.2 Å². The molecule has 37 nitrogen and oxygen atoms in total. The lowest BCUT2D eigenvalue weighted by Crippen LogP contribution is -2.63. The highest BCUT2D eigenvalue weighted by Crippen LogP contribution is 2.24. The molecule has 1 aromatic heterocycles. The predicted octanol–water partition coefficient (Wildman–Crippen LogP) is -6.74. The number of aromatic amines is 1. The van der Waals surface area contributed by atoms with Crippen LogP contribution in [0.25, 0.3) is 10.9 Å². The zero-order valence-electron chi connectivity index (χ0n) is 60.8. The van der Waals surface area contributed by atoms with Gasteiger partial charge in [0.2, 0.25) is 88.6 Å². The van der Waals surface area contributed by atoms with E-state index in [2.05, 4.69) is 74.1 Å². The van der Waals surface area contributed by atoms with Gasteiger partial charge in [0, 0.05) is 47.9 Å². The monoisotopic (exact) mass is 1560 g/mol. The summed E-state index contributed by atoms with van der Waals surface area (Å²) >= 11 is 0. The van der Waals surface area contributed by atoms with Crippen molar-refractivity contribution in [1.29, 1.82) is 0 Å². The van der Waals surface area contributed by atoms with E-state index < -0.39 is 210 Å². The molecule has 1 fully saturated rings. The number of aliphatic hydroxyl groups is 3. The minimum absolute atomic E-state index is 0.116. The summed E-state index contributed by atoms with van der Waals surface area (Å²) in [4.78, 5) is 214. The number of primary amides is 2. The normalized spacial score (nSPS) is 24.4. The van der Waals surface area contributed by atoms with Crippen LogP contribution in [0.5, 0.6) is 0 Å². The Morgan fingerprint density at radius 2 is 0.936 bits per heavy atom. The van der Waals surface area contributed by atoms with Crippen LogP contribution in [0.1, 0.15) is 89.3 Å². The summed E-state index contributed by atoms with van der Waals surface area (Å²) in [6, 6.07) is 2.25. The number of hydrogen-bond donors (Lipinski definition) is 22. The molecule has 2 heterocycles.